The van der Waals surface area contributed by atoms with Crippen LogP contribution in [0.5, 0.6) is 0 Å². The summed E-state index contributed by atoms with van der Waals surface area (Å²) >= 11 is 0. The first-order valence-electron chi connectivity index (χ1n) is 7.46. The van der Waals surface area contributed by atoms with E-state index in [1.54, 1.807) is 0 Å². The highest BCUT2D eigenvalue weighted by Crippen LogP contribution is 2.24. The molecule has 1 rings (SSSR count). The third-order valence-electron chi connectivity index (χ3n) is 4.15. The Hall–Kier alpha value is -0.0400. The predicted octanol–water partition coefficient (Wildman–Crippen LogP) is 4.32. The van der Waals surface area contributed by atoms with E-state index in [0.717, 1.165) is 11.8 Å². The first kappa shape index (κ1) is 14.0. The molecule has 0 N–H and O–H groups in total. The minimum Gasteiger partial charge on any atom is -0.303 e. The van der Waals surface area contributed by atoms with E-state index in [4.69, 9.17) is 0 Å². The van der Waals surface area contributed by atoms with Gasteiger partial charge < -0.3 is 4.90 Å². The highest BCUT2D eigenvalue weighted by atomic mass is 15.1. The molecule has 0 aromatic carbocycles. The molecule has 96 valence electrons. The Kier molecular flexibility index (Phi) is 7.11. The summed E-state index contributed by atoms with van der Waals surface area (Å²) in [5.41, 5.74) is 0. The molecule has 0 saturated carbocycles. The number of unbranched alkanes of at least 4 members (excludes halogenated alkanes) is 4. The minimum atomic E-state index is 0.895. The van der Waals surface area contributed by atoms with Gasteiger partial charge in [-0.25, -0.2) is 0 Å². The second-order valence-corrected chi connectivity index (χ2v) is 5.84. The molecule has 1 saturated heterocycles. The van der Waals surface area contributed by atoms with E-state index in [0.29, 0.717) is 0 Å². The number of nitrogens with zero attached hydrogens (tertiary/aromatic N) is 1. The molecule has 1 heteroatoms. The van der Waals surface area contributed by atoms with Gasteiger partial charge in [-0.05, 0) is 50.7 Å². The Balaban J connectivity index is 1.99. The van der Waals surface area contributed by atoms with Crippen LogP contribution in [0.2, 0.25) is 0 Å². The maximum Gasteiger partial charge on any atom is -0.00160 e. The fourth-order valence-electron chi connectivity index (χ4n) is 2.78. The van der Waals surface area contributed by atoms with E-state index in [-0.39, 0.29) is 0 Å². The van der Waals surface area contributed by atoms with Gasteiger partial charge in [0.2, 0.25) is 0 Å². The van der Waals surface area contributed by atoms with Crippen molar-refractivity contribution in [1.29, 1.82) is 0 Å². The van der Waals surface area contributed by atoms with Crippen LogP contribution in [0.4, 0.5) is 0 Å². The molecule has 0 spiro atoms. The van der Waals surface area contributed by atoms with Crippen LogP contribution in [0.25, 0.3) is 0 Å². The fourth-order valence-corrected chi connectivity index (χ4v) is 2.78. The largest absolute Gasteiger partial charge is 0.303 e. The van der Waals surface area contributed by atoms with E-state index in [1.165, 1.54) is 64.6 Å². The average molecular weight is 225 g/mol. The lowest BCUT2D eigenvalue weighted by molar-refractivity contribution is 0.155. The van der Waals surface area contributed by atoms with E-state index >= 15 is 0 Å². The summed E-state index contributed by atoms with van der Waals surface area (Å²) in [5.74, 6) is 1.89. The van der Waals surface area contributed by atoms with Crippen molar-refractivity contribution >= 4 is 0 Å². The van der Waals surface area contributed by atoms with Crippen molar-refractivity contribution < 1.29 is 0 Å². The third kappa shape index (κ3) is 5.34. The van der Waals surface area contributed by atoms with E-state index in [1.807, 2.05) is 0 Å². The highest BCUT2D eigenvalue weighted by molar-refractivity contribution is 4.74. The Labute approximate surface area is 103 Å². The number of hydrogen-bond donors (Lipinski definition) is 0. The van der Waals surface area contributed by atoms with Gasteiger partial charge in [-0.3, -0.25) is 0 Å². The molecule has 0 atom stereocenters. The van der Waals surface area contributed by atoms with Gasteiger partial charge in [0.1, 0.15) is 0 Å². The van der Waals surface area contributed by atoms with E-state index in [9.17, 15) is 0 Å². The van der Waals surface area contributed by atoms with Gasteiger partial charge in [-0.1, -0.05) is 46.5 Å². The van der Waals surface area contributed by atoms with Crippen LogP contribution in [0.15, 0.2) is 0 Å². The molecule has 0 amide bonds. The molecular formula is C15H31N. The lowest BCUT2D eigenvalue weighted by Gasteiger charge is -2.33. The first-order chi connectivity index (χ1) is 7.74. The van der Waals surface area contributed by atoms with Crippen molar-refractivity contribution in [2.45, 2.75) is 65.7 Å². The minimum absolute atomic E-state index is 0.895. The second kappa shape index (κ2) is 8.11. The van der Waals surface area contributed by atoms with Gasteiger partial charge in [-0.2, -0.15) is 0 Å². The normalized spacial score (nSPS) is 19.5. The van der Waals surface area contributed by atoms with Crippen molar-refractivity contribution in [2.75, 3.05) is 19.6 Å². The molecule has 0 unspecified atom stereocenters. The summed E-state index contributed by atoms with van der Waals surface area (Å²) in [5, 5.41) is 0. The Morgan fingerprint density at radius 2 is 1.62 bits per heavy atom. The molecule has 1 heterocycles. The molecular weight excluding hydrogens is 194 g/mol. The molecule has 1 aliphatic heterocycles. The molecule has 1 aliphatic rings. The number of piperidine rings is 1. The highest BCUT2D eigenvalue weighted by Gasteiger charge is 2.20. The van der Waals surface area contributed by atoms with Crippen molar-refractivity contribution in [3.63, 3.8) is 0 Å². The molecule has 16 heavy (non-hydrogen) atoms. The van der Waals surface area contributed by atoms with E-state index in [2.05, 4.69) is 25.7 Å². The molecule has 0 bridgehead atoms. The Morgan fingerprint density at radius 1 is 1.00 bits per heavy atom. The Morgan fingerprint density at radius 3 is 2.19 bits per heavy atom. The summed E-state index contributed by atoms with van der Waals surface area (Å²) in [6, 6.07) is 0. The number of rotatable bonds is 7. The standard InChI is InChI=1S/C15H31N/c1-4-5-6-7-8-11-16-12-9-15(10-13-16)14(2)3/h14-15H,4-13H2,1-3H3. The summed E-state index contributed by atoms with van der Waals surface area (Å²) in [7, 11) is 0. The zero-order chi connectivity index (χ0) is 11.8. The van der Waals surface area contributed by atoms with Crippen molar-refractivity contribution in [2.24, 2.45) is 11.8 Å². The number of hydrogen-bond acceptors (Lipinski definition) is 1. The van der Waals surface area contributed by atoms with Crippen molar-refractivity contribution in [1.82, 2.24) is 4.90 Å². The lowest BCUT2D eigenvalue weighted by atomic mass is 9.87. The summed E-state index contributed by atoms with van der Waals surface area (Å²) < 4.78 is 0. The molecule has 0 aromatic rings. The summed E-state index contributed by atoms with van der Waals surface area (Å²) in [4.78, 5) is 2.69. The van der Waals surface area contributed by atoms with Crippen LogP contribution >= 0.6 is 0 Å². The molecule has 0 radical (unpaired) electrons. The van der Waals surface area contributed by atoms with Gasteiger partial charge in [0.05, 0.1) is 0 Å². The monoisotopic (exact) mass is 225 g/mol. The summed E-state index contributed by atoms with van der Waals surface area (Å²) in [6.07, 6.45) is 9.97. The first-order valence-corrected chi connectivity index (χ1v) is 7.46. The van der Waals surface area contributed by atoms with Crippen LogP contribution in [0, 0.1) is 11.8 Å². The predicted molar refractivity (Wildman–Crippen MR) is 72.8 cm³/mol. The maximum atomic E-state index is 2.69. The summed E-state index contributed by atoms with van der Waals surface area (Å²) in [6.45, 7) is 11.1. The van der Waals surface area contributed by atoms with Crippen LogP contribution in [-0.4, -0.2) is 24.5 Å². The van der Waals surface area contributed by atoms with Gasteiger partial charge >= 0.3 is 0 Å². The molecule has 1 fully saturated rings. The average Bonchev–Trinajstić information content (AvgIpc) is 2.29. The van der Waals surface area contributed by atoms with Gasteiger partial charge in [0.15, 0.2) is 0 Å². The maximum absolute atomic E-state index is 2.69. The third-order valence-corrected chi connectivity index (χ3v) is 4.15. The number of likely N-dealkylation sites (tertiary alicyclic amines) is 1. The molecule has 1 nitrogen and oxygen atoms in total. The smallest absolute Gasteiger partial charge is 0.00160 e. The van der Waals surface area contributed by atoms with Gasteiger partial charge in [0, 0.05) is 0 Å². The zero-order valence-electron chi connectivity index (χ0n) is 11.7. The zero-order valence-corrected chi connectivity index (χ0v) is 11.7. The van der Waals surface area contributed by atoms with Gasteiger partial charge in [0.25, 0.3) is 0 Å². The topological polar surface area (TPSA) is 3.24 Å². The van der Waals surface area contributed by atoms with Crippen LogP contribution in [0.1, 0.15) is 65.7 Å². The second-order valence-electron chi connectivity index (χ2n) is 5.84. The van der Waals surface area contributed by atoms with E-state index < -0.39 is 0 Å². The van der Waals surface area contributed by atoms with Crippen LogP contribution in [-0.2, 0) is 0 Å². The van der Waals surface area contributed by atoms with Crippen LogP contribution < -0.4 is 0 Å². The van der Waals surface area contributed by atoms with Crippen molar-refractivity contribution in [3.8, 4) is 0 Å². The van der Waals surface area contributed by atoms with Crippen LogP contribution in [0.3, 0.4) is 0 Å². The van der Waals surface area contributed by atoms with Gasteiger partial charge in [-0.15, -0.1) is 0 Å². The SMILES string of the molecule is CCCCCCCN1CCC(C(C)C)CC1. The lowest BCUT2D eigenvalue weighted by Crippen LogP contribution is -2.35. The Bertz CT molecular complexity index is 157. The fraction of sp³-hybridized carbons (Fsp3) is 1.00. The molecule has 0 aliphatic carbocycles. The molecule has 0 aromatic heterocycles. The quantitative estimate of drug-likeness (QED) is 0.583. The van der Waals surface area contributed by atoms with Crippen molar-refractivity contribution in [3.05, 3.63) is 0 Å².